The molecule has 0 saturated carbocycles. The lowest BCUT2D eigenvalue weighted by Crippen LogP contribution is -2.47. The summed E-state index contributed by atoms with van der Waals surface area (Å²) in [5.41, 5.74) is 5.06. The minimum atomic E-state index is -0.243. The SMILES string of the molecule is CC(C)(C)CCc1ccc(/C=C/CN2CCN(C(c3ccc(F)cc3)c3ccc(F)cc3)CC2)cc1. The lowest BCUT2D eigenvalue weighted by atomic mass is 9.88. The van der Waals surface area contributed by atoms with Crippen molar-refractivity contribution in [2.45, 2.75) is 39.7 Å². The fraction of sp³-hybridized carbons (Fsp3) is 0.375. The molecule has 3 aromatic rings. The Morgan fingerprint density at radius 2 is 1.28 bits per heavy atom. The molecule has 0 N–H and O–H groups in total. The summed E-state index contributed by atoms with van der Waals surface area (Å²) in [6.07, 6.45) is 6.77. The highest BCUT2D eigenvalue weighted by Gasteiger charge is 2.26. The van der Waals surface area contributed by atoms with E-state index in [4.69, 9.17) is 0 Å². The zero-order valence-electron chi connectivity index (χ0n) is 21.8. The van der Waals surface area contributed by atoms with Crippen molar-refractivity contribution in [1.82, 2.24) is 9.80 Å². The van der Waals surface area contributed by atoms with Gasteiger partial charge in [0, 0.05) is 32.7 Å². The Bertz CT molecular complexity index is 1060. The molecule has 0 aromatic heterocycles. The van der Waals surface area contributed by atoms with Crippen molar-refractivity contribution in [2.75, 3.05) is 32.7 Å². The number of rotatable bonds is 8. The Hall–Kier alpha value is -2.82. The first-order valence-corrected chi connectivity index (χ1v) is 13.0. The van der Waals surface area contributed by atoms with Crippen molar-refractivity contribution in [2.24, 2.45) is 5.41 Å². The van der Waals surface area contributed by atoms with Crippen molar-refractivity contribution in [3.63, 3.8) is 0 Å². The predicted molar refractivity (Wildman–Crippen MR) is 146 cm³/mol. The number of nitrogens with zero attached hydrogens (tertiary/aromatic N) is 2. The summed E-state index contributed by atoms with van der Waals surface area (Å²) in [5.74, 6) is -0.486. The summed E-state index contributed by atoms with van der Waals surface area (Å²) in [6, 6.07) is 22.3. The van der Waals surface area contributed by atoms with E-state index in [0.717, 1.165) is 50.3 Å². The van der Waals surface area contributed by atoms with Gasteiger partial charge in [-0.1, -0.05) is 81.5 Å². The fourth-order valence-electron chi connectivity index (χ4n) is 4.76. The number of aryl methyl sites for hydroxylation is 1. The number of benzene rings is 3. The van der Waals surface area contributed by atoms with Gasteiger partial charge in [0.1, 0.15) is 11.6 Å². The molecule has 0 radical (unpaired) electrons. The first-order valence-electron chi connectivity index (χ1n) is 13.0. The highest BCUT2D eigenvalue weighted by atomic mass is 19.1. The van der Waals surface area contributed by atoms with Gasteiger partial charge in [-0.2, -0.15) is 0 Å². The average molecular weight is 489 g/mol. The van der Waals surface area contributed by atoms with Crippen LogP contribution in [0.25, 0.3) is 6.08 Å². The highest BCUT2D eigenvalue weighted by molar-refractivity contribution is 5.49. The van der Waals surface area contributed by atoms with E-state index in [1.54, 1.807) is 0 Å². The van der Waals surface area contributed by atoms with E-state index in [1.165, 1.54) is 41.8 Å². The molecular weight excluding hydrogens is 450 g/mol. The second-order valence-corrected chi connectivity index (χ2v) is 11.0. The molecule has 1 saturated heterocycles. The van der Waals surface area contributed by atoms with Gasteiger partial charge in [0.05, 0.1) is 6.04 Å². The van der Waals surface area contributed by atoms with Gasteiger partial charge in [0.25, 0.3) is 0 Å². The van der Waals surface area contributed by atoms with Gasteiger partial charge in [0.15, 0.2) is 0 Å². The molecule has 0 amide bonds. The van der Waals surface area contributed by atoms with Crippen LogP contribution in [0.4, 0.5) is 8.78 Å². The third-order valence-electron chi connectivity index (χ3n) is 6.96. The van der Waals surface area contributed by atoms with E-state index in [9.17, 15) is 8.78 Å². The largest absolute Gasteiger partial charge is 0.297 e. The predicted octanol–water partition coefficient (Wildman–Crippen LogP) is 7.36. The van der Waals surface area contributed by atoms with Crippen LogP contribution < -0.4 is 0 Å². The molecule has 2 nitrogen and oxygen atoms in total. The van der Waals surface area contributed by atoms with Gasteiger partial charge in [-0.25, -0.2) is 8.78 Å². The Labute approximate surface area is 215 Å². The molecule has 190 valence electrons. The van der Waals surface area contributed by atoms with Gasteiger partial charge in [0.2, 0.25) is 0 Å². The molecular formula is C32H38F2N2. The molecule has 1 aliphatic heterocycles. The van der Waals surface area contributed by atoms with Crippen LogP contribution in [0, 0.1) is 17.0 Å². The molecule has 1 aliphatic rings. The molecule has 1 fully saturated rings. The number of hydrogen-bond acceptors (Lipinski definition) is 2. The highest BCUT2D eigenvalue weighted by Crippen LogP contribution is 2.30. The second kappa shape index (κ2) is 11.9. The van der Waals surface area contributed by atoms with Crippen LogP contribution in [0.2, 0.25) is 0 Å². The van der Waals surface area contributed by atoms with Gasteiger partial charge in [-0.3, -0.25) is 9.80 Å². The number of halogens is 2. The third kappa shape index (κ3) is 7.59. The summed E-state index contributed by atoms with van der Waals surface area (Å²) in [4.78, 5) is 4.87. The molecule has 0 aliphatic carbocycles. The minimum Gasteiger partial charge on any atom is -0.297 e. The van der Waals surface area contributed by atoms with Crippen LogP contribution in [0.15, 0.2) is 78.9 Å². The summed E-state index contributed by atoms with van der Waals surface area (Å²) < 4.78 is 27.1. The fourth-order valence-corrected chi connectivity index (χ4v) is 4.76. The molecule has 0 bridgehead atoms. The molecule has 0 spiro atoms. The number of hydrogen-bond donors (Lipinski definition) is 0. The van der Waals surface area contributed by atoms with Crippen molar-refractivity contribution in [3.8, 4) is 0 Å². The normalized spacial score (nSPS) is 15.7. The molecule has 1 heterocycles. The zero-order valence-corrected chi connectivity index (χ0v) is 21.8. The minimum absolute atomic E-state index is 0.0133. The van der Waals surface area contributed by atoms with E-state index < -0.39 is 0 Å². The molecule has 4 rings (SSSR count). The Morgan fingerprint density at radius 3 is 1.78 bits per heavy atom. The molecule has 0 unspecified atom stereocenters. The van der Waals surface area contributed by atoms with Crippen molar-refractivity contribution in [3.05, 3.63) is 113 Å². The third-order valence-corrected chi connectivity index (χ3v) is 6.96. The van der Waals surface area contributed by atoms with Crippen molar-refractivity contribution >= 4 is 6.08 Å². The topological polar surface area (TPSA) is 6.48 Å². The lowest BCUT2D eigenvalue weighted by Gasteiger charge is -2.39. The van der Waals surface area contributed by atoms with Gasteiger partial charge in [-0.05, 0) is 64.8 Å². The van der Waals surface area contributed by atoms with Gasteiger partial charge < -0.3 is 0 Å². The summed E-state index contributed by atoms with van der Waals surface area (Å²) in [7, 11) is 0. The maximum absolute atomic E-state index is 13.6. The maximum atomic E-state index is 13.6. The van der Waals surface area contributed by atoms with Crippen molar-refractivity contribution in [1.29, 1.82) is 0 Å². The van der Waals surface area contributed by atoms with E-state index in [2.05, 4.69) is 67.0 Å². The smallest absolute Gasteiger partial charge is 0.123 e. The standard InChI is InChI=1S/C32H38F2N2/c1-32(2,3)19-18-26-8-6-25(7-9-26)5-4-20-35-21-23-36(24-22-35)31(27-10-14-29(33)15-11-27)28-12-16-30(34)17-13-28/h4-17,31H,18-24H2,1-3H3/b5-4+. The Balaban J connectivity index is 1.33. The quantitative estimate of drug-likeness (QED) is 0.327. The van der Waals surface area contributed by atoms with Crippen LogP contribution in [-0.2, 0) is 6.42 Å². The van der Waals surface area contributed by atoms with Gasteiger partial charge in [-0.15, -0.1) is 0 Å². The molecule has 3 aromatic carbocycles. The van der Waals surface area contributed by atoms with E-state index in [1.807, 2.05) is 24.3 Å². The van der Waals surface area contributed by atoms with E-state index in [0.29, 0.717) is 5.41 Å². The molecule has 0 atom stereocenters. The monoisotopic (exact) mass is 488 g/mol. The second-order valence-electron chi connectivity index (χ2n) is 11.0. The van der Waals surface area contributed by atoms with E-state index >= 15 is 0 Å². The Morgan fingerprint density at radius 1 is 0.750 bits per heavy atom. The van der Waals surface area contributed by atoms with Crippen LogP contribution in [-0.4, -0.2) is 42.5 Å². The lowest BCUT2D eigenvalue weighted by molar-refractivity contribution is 0.118. The van der Waals surface area contributed by atoms with Crippen LogP contribution in [0.1, 0.15) is 55.5 Å². The van der Waals surface area contributed by atoms with Crippen molar-refractivity contribution < 1.29 is 8.78 Å². The summed E-state index contributed by atoms with van der Waals surface area (Å²) in [6.45, 7) is 11.5. The maximum Gasteiger partial charge on any atom is 0.123 e. The first kappa shape index (κ1) is 26.2. The molecule has 4 heteroatoms. The summed E-state index contributed by atoms with van der Waals surface area (Å²) >= 11 is 0. The zero-order chi connectivity index (χ0) is 25.5. The number of piperazine rings is 1. The summed E-state index contributed by atoms with van der Waals surface area (Å²) in [5, 5.41) is 0. The molecule has 36 heavy (non-hydrogen) atoms. The van der Waals surface area contributed by atoms with Crippen LogP contribution in [0.5, 0.6) is 0 Å². The Kier molecular flexibility index (Phi) is 8.71. The van der Waals surface area contributed by atoms with Gasteiger partial charge >= 0.3 is 0 Å². The average Bonchev–Trinajstić information content (AvgIpc) is 2.86. The first-order chi connectivity index (χ1) is 17.3. The van der Waals surface area contributed by atoms with Crippen LogP contribution >= 0.6 is 0 Å². The van der Waals surface area contributed by atoms with E-state index in [-0.39, 0.29) is 17.7 Å². The van der Waals surface area contributed by atoms with Crippen LogP contribution in [0.3, 0.4) is 0 Å².